The number of likely N-dealkylation sites (N-methyl/N-ethyl adjacent to an activating group) is 1. The van der Waals surface area contributed by atoms with Crippen molar-refractivity contribution >= 4 is 11.6 Å². The first-order chi connectivity index (χ1) is 8.58. The highest BCUT2D eigenvalue weighted by Gasteiger charge is 2.32. The van der Waals surface area contributed by atoms with Crippen LogP contribution in [0.4, 0.5) is 0 Å². The number of phenolic OH excluding ortho intramolecular Hbond substituents is 1. The van der Waals surface area contributed by atoms with Crippen molar-refractivity contribution < 1.29 is 5.11 Å². The average Bonchev–Trinajstić information content (AvgIpc) is 2.48. The Bertz CT molecular complexity index is 486. The standard InChI is InChI=1S/C15H20ClNO/c1-9-3-4-11-8-17(2)6-5-10-7-12(16)15(18)13(9)14(10)11/h7,9,11,18H,3-6,8H2,1-2H3. The van der Waals surface area contributed by atoms with E-state index >= 15 is 0 Å². The number of rotatable bonds is 0. The zero-order valence-electron chi connectivity index (χ0n) is 11.0. The molecular weight excluding hydrogens is 246 g/mol. The summed E-state index contributed by atoms with van der Waals surface area (Å²) in [6, 6.07) is 1.99. The number of benzene rings is 1. The van der Waals surface area contributed by atoms with Crippen molar-refractivity contribution in [3.63, 3.8) is 0 Å². The topological polar surface area (TPSA) is 23.5 Å². The molecule has 0 fully saturated rings. The molecule has 0 aromatic heterocycles. The maximum Gasteiger partial charge on any atom is 0.137 e. The number of hydrogen-bond donors (Lipinski definition) is 1. The molecule has 1 aromatic carbocycles. The van der Waals surface area contributed by atoms with Gasteiger partial charge in [0.2, 0.25) is 0 Å². The van der Waals surface area contributed by atoms with Gasteiger partial charge in [0.1, 0.15) is 5.75 Å². The second-order valence-corrected chi connectivity index (χ2v) is 6.29. The Labute approximate surface area is 114 Å². The second kappa shape index (κ2) is 4.43. The van der Waals surface area contributed by atoms with Crippen LogP contribution in [0.1, 0.15) is 48.3 Å². The van der Waals surface area contributed by atoms with E-state index in [0.717, 1.165) is 31.5 Å². The summed E-state index contributed by atoms with van der Waals surface area (Å²) in [6.45, 7) is 4.39. The van der Waals surface area contributed by atoms with Crippen LogP contribution in [0.5, 0.6) is 5.75 Å². The predicted molar refractivity (Wildman–Crippen MR) is 74.7 cm³/mol. The molecular formula is C15H20ClNO. The lowest BCUT2D eigenvalue weighted by molar-refractivity contribution is 0.308. The zero-order chi connectivity index (χ0) is 12.9. The Hall–Kier alpha value is -0.730. The van der Waals surface area contributed by atoms with Crippen molar-refractivity contribution in [1.82, 2.24) is 4.90 Å². The highest BCUT2D eigenvalue weighted by Crippen LogP contribution is 2.48. The lowest BCUT2D eigenvalue weighted by Crippen LogP contribution is -2.25. The zero-order valence-corrected chi connectivity index (χ0v) is 11.8. The summed E-state index contributed by atoms with van der Waals surface area (Å²) in [7, 11) is 2.19. The van der Waals surface area contributed by atoms with E-state index in [4.69, 9.17) is 11.6 Å². The second-order valence-electron chi connectivity index (χ2n) is 5.88. The average molecular weight is 266 g/mol. The van der Waals surface area contributed by atoms with E-state index in [9.17, 15) is 5.11 Å². The summed E-state index contributed by atoms with van der Waals surface area (Å²) in [5, 5.41) is 10.8. The lowest BCUT2D eigenvalue weighted by atomic mass is 9.75. The Balaban J connectivity index is 2.21. The van der Waals surface area contributed by atoms with Crippen molar-refractivity contribution in [2.45, 2.75) is 38.0 Å². The van der Waals surface area contributed by atoms with Gasteiger partial charge in [0.15, 0.2) is 0 Å². The Morgan fingerprint density at radius 2 is 2.11 bits per heavy atom. The Morgan fingerprint density at radius 3 is 2.89 bits per heavy atom. The van der Waals surface area contributed by atoms with Gasteiger partial charge in [-0.2, -0.15) is 0 Å². The number of aromatic hydroxyl groups is 1. The van der Waals surface area contributed by atoms with Gasteiger partial charge in [0.25, 0.3) is 0 Å². The van der Waals surface area contributed by atoms with Crippen molar-refractivity contribution in [3.05, 3.63) is 27.8 Å². The third kappa shape index (κ3) is 1.83. The van der Waals surface area contributed by atoms with Gasteiger partial charge in [-0.1, -0.05) is 18.5 Å². The normalized spacial score (nSPS) is 27.7. The van der Waals surface area contributed by atoms with Crippen LogP contribution in [0.2, 0.25) is 5.02 Å². The SMILES string of the molecule is CC1CCC2CN(C)CCc3cc(Cl)c(O)c1c32. The molecule has 0 spiro atoms. The first-order valence-corrected chi connectivity index (χ1v) is 7.18. The van der Waals surface area contributed by atoms with Crippen LogP contribution in [-0.4, -0.2) is 30.1 Å². The monoisotopic (exact) mass is 265 g/mol. The van der Waals surface area contributed by atoms with Crippen molar-refractivity contribution in [2.75, 3.05) is 20.1 Å². The van der Waals surface area contributed by atoms with Gasteiger partial charge in [-0.15, -0.1) is 0 Å². The largest absolute Gasteiger partial charge is 0.506 e. The molecule has 1 aliphatic carbocycles. The summed E-state index contributed by atoms with van der Waals surface area (Å²) in [6.07, 6.45) is 3.42. The molecule has 2 aliphatic rings. The smallest absolute Gasteiger partial charge is 0.137 e. The molecule has 2 atom stereocenters. The van der Waals surface area contributed by atoms with Crippen molar-refractivity contribution in [2.24, 2.45) is 0 Å². The number of hydrogen-bond acceptors (Lipinski definition) is 2. The van der Waals surface area contributed by atoms with Gasteiger partial charge in [-0.25, -0.2) is 0 Å². The number of nitrogens with zero attached hydrogens (tertiary/aromatic N) is 1. The minimum Gasteiger partial charge on any atom is -0.506 e. The molecule has 0 saturated heterocycles. The van der Waals surface area contributed by atoms with Crippen LogP contribution < -0.4 is 0 Å². The fourth-order valence-electron chi connectivity index (χ4n) is 3.62. The summed E-state index contributed by atoms with van der Waals surface area (Å²) in [5.74, 6) is 1.33. The van der Waals surface area contributed by atoms with Crippen LogP contribution in [0.3, 0.4) is 0 Å². The molecule has 2 nitrogen and oxygen atoms in total. The van der Waals surface area contributed by atoms with Crippen LogP contribution in [0.15, 0.2) is 6.07 Å². The molecule has 0 radical (unpaired) electrons. The minimum absolute atomic E-state index is 0.331. The van der Waals surface area contributed by atoms with Gasteiger partial charge >= 0.3 is 0 Å². The molecule has 1 heterocycles. The molecule has 1 N–H and O–H groups in total. The highest BCUT2D eigenvalue weighted by atomic mass is 35.5. The lowest BCUT2D eigenvalue weighted by Gasteiger charge is -2.32. The molecule has 2 unspecified atom stereocenters. The molecule has 3 heteroatoms. The molecule has 0 amide bonds. The summed E-state index contributed by atoms with van der Waals surface area (Å²) in [5.41, 5.74) is 3.89. The summed E-state index contributed by atoms with van der Waals surface area (Å²) in [4.78, 5) is 2.40. The van der Waals surface area contributed by atoms with Gasteiger partial charge in [-0.05, 0) is 55.3 Å². The molecule has 1 aromatic rings. The van der Waals surface area contributed by atoms with Crippen LogP contribution in [0, 0.1) is 0 Å². The quantitative estimate of drug-likeness (QED) is 0.776. The minimum atomic E-state index is 0.331. The van der Waals surface area contributed by atoms with E-state index in [1.807, 2.05) is 6.07 Å². The van der Waals surface area contributed by atoms with E-state index in [0.29, 0.717) is 22.6 Å². The Morgan fingerprint density at radius 1 is 1.33 bits per heavy atom. The van der Waals surface area contributed by atoms with Gasteiger partial charge in [0, 0.05) is 18.7 Å². The molecule has 3 rings (SSSR count). The molecule has 0 bridgehead atoms. The maximum atomic E-state index is 10.3. The molecule has 98 valence electrons. The van der Waals surface area contributed by atoms with E-state index in [1.165, 1.54) is 17.5 Å². The predicted octanol–water partition coefficient (Wildman–Crippen LogP) is 3.51. The molecule has 0 saturated carbocycles. The van der Waals surface area contributed by atoms with E-state index in [2.05, 4.69) is 18.9 Å². The van der Waals surface area contributed by atoms with Crippen LogP contribution >= 0.6 is 11.6 Å². The third-order valence-electron chi connectivity index (χ3n) is 4.56. The van der Waals surface area contributed by atoms with Crippen molar-refractivity contribution in [1.29, 1.82) is 0 Å². The number of phenols is 1. The van der Waals surface area contributed by atoms with Gasteiger partial charge in [0.05, 0.1) is 5.02 Å². The van der Waals surface area contributed by atoms with Gasteiger partial charge in [-0.3, -0.25) is 0 Å². The van der Waals surface area contributed by atoms with E-state index in [-0.39, 0.29) is 0 Å². The third-order valence-corrected chi connectivity index (χ3v) is 4.85. The number of halogens is 1. The van der Waals surface area contributed by atoms with Gasteiger partial charge < -0.3 is 10.0 Å². The van der Waals surface area contributed by atoms with Crippen LogP contribution in [-0.2, 0) is 6.42 Å². The van der Waals surface area contributed by atoms with E-state index < -0.39 is 0 Å². The maximum absolute atomic E-state index is 10.3. The molecule has 18 heavy (non-hydrogen) atoms. The molecule has 1 aliphatic heterocycles. The first-order valence-electron chi connectivity index (χ1n) is 6.80. The Kier molecular flexibility index (Phi) is 3.03. The van der Waals surface area contributed by atoms with Crippen molar-refractivity contribution in [3.8, 4) is 5.75 Å². The highest BCUT2D eigenvalue weighted by molar-refractivity contribution is 6.32. The summed E-state index contributed by atoms with van der Waals surface area (Å²) >= 11 is 6.19. The fraction of sp³-hybridized carbons (Fsp3) is 0.600. The fourth-order valence-corrected chi connectivity index (χ4v) is 3.85. The first kappa shape index (κ1) is 12.3. The van der Waals surface area contributed by atoms with Crippen LogP contribution in [0.25, 0.3) is 0 Å². The van der Waals surface area contributed by atoms with E-state index in [1.54, 1.807) is 0 Å². The summed E-state index contributed by atoms with van der Waals surface area (Å²) < 4.78 is 0.